The fourth-order valence-electron chi connectivity index (χ4n) is 13.8. The number of benzene rings is 15. The molecule has 0 bridgehead atoms. The zero-order valence-corrected chi connectivity index (χ0v) is 50.9. The van der Waals surface area contributed by atoms with Gasteiger partial charge in [0.2, 0.25) is 0 Å². The lowest BCUT2D eigenvalue weighted by Crippen LogP contribution is -2.10. The summed E-state index contributed by atoms with van der Waals surface area (Å²) in [6.07, 6.45) is 0. The standard InChI is InChI=1S/C84H50N4O2S2/c1-3-15-63-57(13-1)45-75(67-19-7-5-17-65(63)67)87(61-39-29-53(30-40-61)83-85-73-21-9-11-23-81(73)91-83)59-35-25-51(26-36-59)55-33-43-69-71-49-80-72(50-79(71)89-77(69)47-55)70-44-34-56(48-78(70)90-80)52-27-37-60(38-28-52)88(76-46-58-14-2-4-16-64(58)66-18-6-8-20-68(66)76)62-41-31-54(32-42-62)84-86-74-22-10-12-24-82(74)92-84/h1-50H. The first-order chi connectivity index (χ1) is 45.5. The molecule has 19 rings (SSSR count). The molecule has 0 radical (unpaired) electrons. The van der Waals surface area contributed by atoms with Crippen LogP contribution in [0.15, 0.2) is 312 Å². The smallest absolute Gasteiger partial charge is 0.136 e. The Kier molecular flexibility index (Phi) is 11.9. The van der Waals surface area contributed by atoms with Crippen molar-refractivity contribution in [1.29, 1.82) is 0 Å². The van der Waals surface area contributed by atoms with Crippen LogP contribution < -0.4 is 9.80 Å². The second-order valence-corrected chi connectivity index (χ2v) is 25.7. The van der Waals surface area contributed by atoms with Gasteiger partial charge in [0.25, 0.3) is 0 Å². The summed E-state index contributed by atoms with van der Waals surface area (Å²) in [5.41, 5.74) is 18.4. The molecule has 0 spiro atoms. The van der Waals surface area contributed by atoms with Crippen molar-refractivity contribution in [3.8, 4) is 43.4 Å². The molecule has 0 N–H and O–H groups in total. The van der Waals surface area contributed by atoms with E-state index in [-0.39, 0.29) is 0 Å². The van der Waals surface area contributed by atoms with Crippen LogP contribution in [0.1, 0.15) is 0 Å². The Hall–Kier alpha value is -11.7. The minimum Gasteiger partial charge on any atom is -0.456 e. The minimum atomic E-state index is 0.824. The van der Waals surface area contributed by atoms with E-state index in [1.807, 2.05) is 12.1 Å². The number of hydrogen-bond donors (Lipinski definition) is 0. The number of para-hydroxylation sites is 2. The average Bonchev–Trinajstić information content (AvgIpc) is 1.25. The molecule has 92 heavy (non-hydrogen) atoms. The van der Waals surface area contributed by atoms with Crippen molar-refractivity contribution in [2.24, 2.45) is 0 Å². The van der Waals surface area contributed by atoms with Gasteiger partial charge in [0.1, 0.15) is 32.3 Å². The van der Waals surface area contributed by atoms with Crippen LogP contribution >= 0.6 is 22.7 Å². The van der Waals surface area contributed by atoms with Gasteiger partial charge >= 0.3 is 0 Å². The van der Waals surface area contributed by atoms with Gasteiger partial charge in [0, 0.05) is 66.2 Å². The third-order valence-corrected chi connectivity index (χ3v) is 20.5. The van der Waals surface area contributed by atoms with Crippen molar-refractivity contribution in [3.05, 3.63) is 303 Å². The number of aromatic nitrogens is 2. The van der Waals surface area contributed by atoms with E-state index in [4.69, 9.17) is 18.8 Å². The number of furan rings is 2. The quantitative estimate of drug-likeness (QED) is 0.127. The summed E-state index contributed by atoms with van der Waals surface area (Å²) in [6, 6.07) is 109. The van der Waals surface area contributed by atoms with Crippen molar-refractivity contribution in [3.63, 3.8) is 0 Å². The first kappa shape index (κ1) is 52.3. The Morgan fingerprint density at radius 3 is 0.967 bits per heavy atom. The molecule has 4 aromatic heterocycles. The van der Waals surface area contributed by atoms with Gasteiger partial charge in [-0.15, -0.1) is 22.7 Å². The largest absolute Gasteiger partial charge is 0.456 e. The molecule has 0 aliphatic carbocycles. The van der Waals surface area contributed by atoms with E-state index in [0.717, 1.165) is 132 Å². The fourth-order valence-corrected chi connectivity index (χ4v) is 15.7. The zero-order valence-electron chi connectivity index (χ0n) is 49.3. The van der Waals surface area contributed by atoms with Crippen molar-refractivity contribution in [1.82, 2.24) is 9.97 Å². The van der Waals surface area contributed by atoms with Gasteiger partial charge in [-0.2, -0.15) is 0 Å². The number of thiazole rings is 2. The second kappa shape index (κ2) is 21.0. The van der Waals surface area contributed by atoms with Crippen LogP contribution in [0.2, 0.25) is 0 Å². The average molecular weight is 1210 g/mol. The number of hydrogen-bond acceptors (Lipinski definition) is 8. The number of nitrogens with zero attached hydrogens (tertiary/aromatic N) is 4. The molecule has 6 nitrogen and oxygen atoms in total. The lowest BCUT2D eigenvalue weighted by molar-refractivity contribution is 0.664. The van der Waals surface area contributed by atoms with Gasteiger partial charge in [-0.1, -0.05) is 158 Å². The van der Waals surface area contributed by atoms with E-state index in [9.17, 15) is 0 Å². The molecule has 0 unspecified atom stereocenters. The van der Waals surface area contributed by atoms with Gasteiger partial charge in [0.05, 0.1) is 31.8 Å². The Morgan fingerprint density at radius 1 is 0.239 bits per heavy atom. The Bertz CT molecular complexity index is 5700. The molecular formula is C84H50N4O2S2. The maximum absolute atomic E-state index is 6.76. The summed E-state index contributed by atoms with van der Waals surface area (Å²) >= 11 is 3.45. The summed E-state index contributed by atoms with van der Waals surface area (Å²) in [6.45, 7) is 0. The molecule has 0 aliphatic rings. The lowest BCUT2D eigenvalue weighted by atomic mass is 9.98. The van der Waals surface area contributed by atoms with Crippen molar-refractivity contribution >= 4 is 164 Å². The molecular weight excluding hydrogens is 1160 g/mol. The summed E-state index contributed by atoms with van der Waals surface area (Å²) < 4.78 is 15.9. The van der Waals surface area contributed by atoms with Crippen molar-refractivity contribution in [2.75, 3.05) is 9.80 Å². The van der Waals surface area contributed by atoms with Crippen molar-refractivity contribution in [2.45, 2.75) is 0 Å². The molecule has 0 fully saturated rings. The maximum atomic E-state index is 6.76. The third kappa shape index (κ3) is 8.68. The van der Waals surface area contributed by atoms with Gasteiger partial charge in [0.15, 0.2) is 0 Å². The van der Waals surface area contributed by atoms with Crippen LogP contribution in [0.25, 0.3) is 151 Å². The molecule has 0 aliphatic heterocycles. The number of rotatable bonds is 10. The van der Waals surface area contributed by atoms with Gasteiger partial charge < -0.3 is 18.6 Å². The predicted octanol–water partition coefficient (Wildman–Crippen LogP) is 24.9. The normalized spacial score (nSPS) is 11.9. The van der Waals surface area contributed by atoms with E-state index in [0.29, 0.717) is 0 Å². The van der Waals surface area contributed by atoms with Gasteiger partial charge in [-0.05, 0) is 200 Å². The molecule has 19 aromatic rings. The third-order valence-electron chi connectivity index (χ3n) is 18.3. The van der Waals surface area contributed by atoms with Crippen LogP contribution in [0.4, 0.5) is 34.1 Å². The van der Waals surface area contributed by atoms with Crippen LogP contribution in [0, 0.1) is 0 Å². The highest BCUT2D eigenvalue weighted by Crippen LogP contribution is 2.47. The van der Waals surface area contributed by atoms with E-state index in [1.165, 1.54) is 52.5 Å². The van der Waals surface area contributed by atoms with E-state index in [2.05, 4.69) is 301 Å². The molecule has 430 valence electrons. The molecule has 8 heteroatoms. The lowest BCUT2D eigenvalue weighted by Gasteiger charge is -2.28. The van der Waals surface area contributed by atoms with E-state index >= 15 is 0 Å². The molecule has 0 saturated heterocycles. The topological polar surface area (TPSA) is 58.5 Å². The van der Waals surface area contributed by atoms with Gasteiger partial charge in [-0.25, -0.2) is 9.97 Å². The second-order valence-electron chi connectivity index (χ2n) is 23.6. The maximum Gasteiger partial charge on any atom is 0.136 e. The first-order valence-electron chi connectivity index (χ1n) is 30.9. The van der Waals surface area contributed by atoms with E-state index < -0.39 is 0 Å². The zero-order chi connectivity index (χ0) is 60.4. The fraction of sp³-hybridized carbons (Fsp3) is 0. The molecule has 4 heterocycles. The Morgan fingerprint density at radius 2 is 0.565 bits per heavy atom. The van der Waals surface area contributed by atoms with E-state index in [1.54, 1.807) is 22.7 Å². The SMILES string of the molecule is c1ccc2c(c1)cc(N(c1ccc(-c3ccc4c(c3)oc3cc5c(cc34)oc3cc(-c4ccc(N(c6ccc(-c7nc8ccccc8s7)cc6)c6cc7ccccc7c7ccccc67)cc4)ccc35)cc1)c1ccc(-c3nc4ccccc4s3)cc1)c1ccccc12. The summed E-state index contributed by atoms with van der Waals surface area (Å²) in [5.74, 6) is 0. The Labute approximate surface area is 536 Å². The molecule has 0 amide bonds. The van der Waals surface area contributed by atoms with Crippen LogP contribution in [0.3, 0.4) is 0 Å². The summed E-state index contributed by atoms with van der Waals surface area (Å²) in [4.78, 5) is 14.7. The summed E-state index contributed by atoms with van der Waals surface area (Å²) in [5, 5.41) is 15.8. The summed E-state index contributed by atoms with van der Waals surface area (Å²) in [7, 11) is 0. The van der Waals surface area contributed by atoms with Crippen LogP contribution in [-0.2, 0) is 0 Å². The number of fused-ring (bicyclic) bond motifs is 14. The van der Waals surface area contributed by atoms with Crippen LogP contribution in [-0.4, -0.2) is 9.97 Å². The molecule has 15 aromatic carbocycles. The highest BCUT2D eigenvalue weighted by atomic mass is 32.1. The van der Waals surface area contributed by atoms with Crippen LogP contribution in [0.5, 0.6) is 0 Å². The van der Waals surface area contributed by atoms with Crippen molar-refractivity contribution < 1.29 is 8.83 Å². The monoisotopic (exact) mass is 1210 g/mol. The molecule has 0 atom stereocenters. The first-order valence-corrected chi connectivity index (χ1v) is 32.5. The number of anilines is 6. The Balaban J connectivity index is 0.635. The highest BCUT2D eigenvalue weighted by Gasteiger charge is 2.22. The molecule has 0 saturated carbocycles. The predicted molar refractivity (Wildman–Crippen MR) is 388 cm³/mol. The van der Waals surface area contributed by atoms with Gasteiger partial charge in [-0.3, -0.25) is 0 Å². The minimum absolute atomic E-state index is 0.824. The highest BCUT2D eigenvalue weighted by molar-refractivity contribution is 7.22.